The third-order valence-corrected chi connectivity index (χ3v) is 8.49. The first-order valence-electron chi connectivity index (χ1n) is 7.73. The molecule has 17 nitrogen and oxygen atoms in total. The van der Waals surface area contributed by atoms with Gasteiger partial charge in [-0.15, -0.1) is 0 Å². The van der Waals surface area contributed by atoms with Gasteiger partial charge in [-0.1, -0.05) is 12.2 Å². The van der Waals surface area contributed by atoms with Gasteiger partial charge in [0, 0.05) is 13.3 Å². The van der Waals surface area contributed by atoms with Crippen molar-refractivity contribution in [2.24, 2.45) is 0 Å². The lowest BCUT2D eigenvalue weighted by Crippen LogP contribution is -2.48. The molecule has 0 spiro atoms. The Balaban J connectivity index is 2.20. The van der Waals surface area contributed by atoms with Crippen molar-refractivity contribution in [1.82, 2.24) is 9.55 Å². The lowest BCUT2D eigenvalue weighted by atomic mass is 10.1. The maximum Gasteiger partial charge on any atom is 0.488 e. The van der Waals surface area contributed by atoms with E-state index in [-0.39, 0.29) is 5.82 Å². The molecule has 0 aromatic carbocycles. The Morgan fingerprint density at radius 2 is 1.90 bits per heavy atom. The first-order chi connectivity index (χ1) is 14.0. The predicted octanol–water partition coefficient (Wildman–Crippen LogP) is -1.30. The summed E-state index contributed by atoms with van der Waals surface area (Å²) in [6.07, 6.45) is -4.23. The SMILES string of the molecule is CO[C@]1(COP(=O)(S)OP(=O)(O)OP(=O)(O)O)O[C@@H](n2ccc(N)nc2=O)[C@H](O)[C@@H]1O. The van der Waals surface area contributed by atoms with Crippen LogP contribution in [-0.2, 0) is 36.3 Å². The van der Waals surface area contributed by atoms with Crippen LogP contribution in [0.15, 0.2) is 17.1 Å². The number of aliphatic hydroxyl groups is 2. The molecule has 2 unspecified atom stereocenters. The van der Waals surface area contributed by atoms with Crippen molar-refractivity contribution in [1.29, 1.82) is 0 Å². The molecule has 2 heterocycles. The molecular formula is C10H18N3O14P3S. The predicted molar refractivity (Wildman–Crippen MR) is 101 cm³/mol. The topological polar surface area (TPSA) is 259 Å². The van der Waals surface area contributed by atoms with Gasteiger partial charge >= 0.3 is 28.1 Å². The molecule has 178 valence electrons. The fourth-order valence-electron chi connectivity index (χ4n) is 2.42. The molecule has 1 aromatic rings. The number of nitrogens with zero attached hydrogens (tertiary/aromatic N) is 2. The second-order valence-electron chi connectivity index (χ2n) is 5.87. The average molecular weight is 529 g/mol. The van der Waals surface area contributed by atoms with Gasteiger partial charge in [0.05, 0.1) is 0 Å². The maximum atomic E-state index is 12.2. The van der Waals surface area contributed by atoms with Crippen molar-refractivity contribution in [2.45, 2.75) is 24.2 Å². The number of nitrogen functional groups attached to an aromatic ring is 1. The third-order valence-electron chi connectivity index (χ3n) is 3.70. The minimum Gasteiger partial charge on any atom is -0.385 e. The van der Waals surface area contributed by atoms with Crippen LogP contribution in [-0.4, -0.2) is 66.2 Å². The van der Waals surface area contributed by atoms with Gasteiger partial charge in [-0.3, -0.25) is 9.09 Å². The van der Waals surface area contributed by atoms with Crippen molar-refractivity contribution >= 4 is 40.5 Å². The Morgan fingerprint density at radius 3 is 2.42 bits per heavy atom. The van der Waals surface area contributed by atoms with Gasteiger partial charge in [-0.05, 0) is 6.07 Å². The van der Waals surface area contributed by atoms with Gasteiger partial charge < -0.3 is 40.1 Å². The number of methoxy groups -OCH3 is 1. The number of hydrogen-bond acceptors (Lipinski definition) is 13. The van der Waals surface area contributed by atoms with Crippen LogP contribution in [0.1, 0.15) is 6.23 Å². The normalized spacial score (nSPS) is 30.6. The lowest BCUT2D eigenvalue weighted by Gasteiger charge is -2.30. The summed E-state index contributed by atoms with van der Waals surface area (Å²) in [6.45, 7) is -5.98. The van der Waals surface area contributed by atoms with Crippen LogP contribution in [0.4, 0.5) is 5.82 Å². The highest BCUT2D eigenvalue weighted by atomic mass is 32.7. The molecule has 0 bridgehead atoms. The quantitative estimate of drug-likeness (QED) is 0.145. The molecule has 0 saturated carbocycles. The minimum atomic E-state index is -5.61. The van der Waals surface area contributed by atoms with Crippen molar-refractivity contribution in [3.05, 3.63) is 22.7 Å². The molecule has 1 fully saturated rings. The Morgan fingerprint density at radius 1 is 1.29 bits per heavy atom. The monoisotopic (exact) mass is 529 g/mol. The molecule has 1 aliphatic rings. The molecule has 2 rings (SSSR count). The van der Waals surface area contributed by atoms with Crippen LogP contribution >= 0.6 is 34.7 Å². The number of rotatable bonds is 9. The number of ether oxygens (including phenoxy) is 2. The molecule has 1 saturated heterocycles. The van der Waals surface area contributed by atoms with Gasteiger partial charge in [0.2, 0.25) is 5.79 Å². The molecule has 21 heteroatoms. The van der Waals surface area contributed by atoms with Gasteiger partial charge in [0.1, 0.15) is 24.6 Å². The van der Waals surface area contributed by atoms with Gasteiger partial charge in [-0.2, -0.15) is 13.6 Å². The van der Waals surface area contributed by atoms with E-state index in [1.165, 1.54) is 6.07 Å². The van der Waals surface area contributed by atoms with Crippen LogP contribution in [0.25, 0.3) is 0 Å². The summed E-state index contributed by atoms with van der Waals surface area (Å²) in [5, 5.41) is 20.6. The van der Waals surface area contributed by atoms with Crippen LogP contribution in [0.2, 0.25) is 0 Å². The number of phosphoric acid groups is 2. The highest BCUT2D eigenvalue weighted by Crippen LogP contribution is 2.70. The summed E-state index contributed by atoms with van der Waals surface area (Å²) >= 11 is 3.36. The van der Waals surface area contributed by atoms with E-state index in [1.807, 2.05) is 0 Å². The van der Waals surface area contributed by atoms with Crippen LogP contribution in [0, 0.1) is 0 Å². The molecule has 1 aliphatic heterocycles. The molecule has 0 aliphatic carbocycles. The Labute approximate surface area is 178 Å². The molecule has 7 N–H and O–H groups in total. The van der Waals surface area contributed by atoms with Crippen LogP contribution in [0.5, 0.6) is 0 Å². The Bertz CT molecular complexity index is 1020. The van der Waals surface area contributed by atoms with Crippen molar-refractivity contribution in [3.63, 3.8) is 0 Å². The number of aromatic nitrogens is 2. The summed E-state index contributed by atoms with van der Waals surface area (Å²) < 4.78 is 57.7. The van der Waals surface area contributed by atoms with Crippen LogP contribution in [0.3, 0.4) is 0 Å². The Hall–Kier alpha value is -0.680. The number of nitrogens with two attached hydrogens (primary N) is 1. The highest BCUT2D eigenvalue weighted by Gasteiger charge is 2.57. The first kappa shape index (κ1) is 26.6. The summed E-state index contributed by atoms with van der Waals surface area (Å²) in [4.78, 5) is 41.8. The van der Waals surface area contributed by atoms with Gasteiger partial charge in [0.25, 0.3) is 0 Å². The smallest absolute Gasteiger partial charge is 0.385 e. The second-order valence-corrected chi connectivity index (χ2v) is 11.8. The van der Waals surface area contributed by atoms with E-state index in [4.69, 9.17) is 29.5 Å². The molecular weight excluding hydrogens is 511 g/mol. The fourth-order valence-corrected chi connectivity index (χ4v) is 6.46. The number of aliphatic hydroxyl groups excluding tert-OH is 2. The van der Waals surface area contributed by atoms with Crippen LogP contribution < -0.4 is 11.4 Å². The van der Waals surface area contributed by atoms with Crippen molar-refractivity contribution in [2.75, 3.05) is 19.5 Å². The number of hydrogen-bond donors (Lipinski definition) is 7. The second kappa shape index (κ2) is 9.29. The third kappa shape index (κ3) is 6.66. The first-order valence-corrected chi connectivity index (χ1v) is 13.4. The zero-order chi connectivity index (χ0) is 23.8. The number of anilines is 1. The molecule has 0 radical (unpaired) electrons. The van der Waals surface area contributed by atoms with Gasteiger partial charge in [-0.25, -0.2) is 18.5 Å². The van der Waals surface area contributed by atoms with E-state index >= 15 is 0 Å². The van der Waals surface area contributed by atoms with E-state index in [1.54, 1.807) is 0 Å². The van der Waals surface area contributed by atoms with Crippen molar-refractivity contribution in [3.8, 4) is 0 Å². The Kier molecular flexibility index (Phi) is 7.96. The summed E-state index contributed by atoms with van der Waals surface area (Å²) in [5.74, 6) is -2.44. The molecule has 6 atom stereocenters. The van der Waals surface area contributed by atoms with E-state index in [0.717, 1.165) is 17.9 Å². The molecule has 0 amide bonds. The van der Waals surface area contributed by atoms with Crippen molar-refractivity contribution < 1.29 is 61.2 Å². The summed E-state index contributed by atoms with van der Waals surface area (Å²) in [6, 6.07) is 1.20. The van der Waals surface area contributed by atoms with Gasteiger partial charge in [0.15, 0.2) is 6.23 Å². The average Bonchev–Trinajstić information content (AvgIpc) is 2.82. The zero-order valence-electron chi connectivity index (χ0n) is 15.3. The zero-order valence-corrected chi connectivity index (χ0v) is 18.8. The lowest BCUT2D eigenvalue weighted by molar-refractivity contribution is -0.266. The fraction of sp³-hybridized carbons (Fsp3) is 0.600. The molecule has 31 heavy (non-hydrogen) atoms. The van der Waals surface area contributed by atoms with E-state index in [2.05, 4.69) is 25.9 Å². The standard InChI is InChI=1S/C10H18N3O14P3S/c1-23-10(4-24-30(22,31)27-29(20,21)26-28(17,18)19)7(15)6(14)8(25-10)13-3-2-5(11)12-9(13)16/h2-3,6-8,14-15H,4H2,1H3,(H,20,21)(H,22,31)(H2,11,12,16)(H2,17,18,19)/t6-,7+,8-,10-,30?/m1/s1. The van der Waals surface area contributed by atoms with E-state index in [9.17, 15) is 33.6 Å². The van der Waals surface area contributed by atoms with E-state index < -0.39 is 59.0 Å². The maximum absolute atomic E-state index is 12.2. The highest BCUT2D eigenvalue weighted by molar-refractivity contribution is 8.45. The van der Waals surface area contributed by atoms with E-state index in [0.29, 0.717) is 0 Å². The number of thiol groups is 1. The molecule has 1 aromatic heterocycles. The summed E-state index contributed by atoms with van der Waals surface area (Å²) in [7, 11) is -10.2. The minimum absolute atomic E-state index is 0.130. The summed E-state index contributed by atoms with van der Waals surface area (Å²) in [5.41, 5.74) is 4.42. The largest absolute Gasteiger partial charge is 0.488 e.